The van der Waals surface area contributed by atoms with E-state index in [0.29, 0.717) is 24.7 Å². The summed E-state index contributed by atoms with van der Waals surface area (Å²) in [5.74, 6) is 2.27. The summed E-state index contributed by atoms with van der Waals surface area (Å²) >= 11 is 0. The van der Waals surface area contributed by atoms with Gasteiger partial charge in [-0.25, -0.2) is 9.97 Å². The fourth-order valence-electron chi connectivity index (χ4n) is 4.03. The number of aromatic nitrogens is 3. The second-order valence-corrected chi connectivity index (χ2v) is 7.93. The van der Waals surface area contributed by atoms with Crippen molar-refractivity contribution in [2.24, 2.45) is 0 Å². The van der Waals surface area contributed by atoms with Gasteiger partial charge in [-0.15, -0.1) is 0 Å². The largest absolute Gasteiger partial charge is 0.497 e. The number of nitrogens with one attached hydrogen (secondary N) is 1. The number of likely N-dealkylation sites (tertiary alicyclic amines) is 1. The lowest BCUT2D eigenvalue weighted by Crippen LogP contribution is -2.38. The molecule has 1 amide bonds. The maximum absolute atomic E-state index is 13.1. The van der Waals surface area contributed by atoms with Gasteiger partial charge in [-0.3, -0.25) is 14.7 Å². The Balaban J connectivity index is 1.40. The van der Waals surface area contributed by atoms with Gasteiger partial charge in [-0.1, -0.05) is 18.2 Å². The Kier molecular flexibility index (Phi) is 6.91. The average molecular weight is 433 g/mol. The molecule has 1 aliphatic rings. The second-order valence-electron chi connectivity index (χ2n) is 7.93. The first-order valence-corrected chi connectivity index (χ1v) is 10.7. The highest BCUT2D eigenvalue weighted by molar-refractivity contribution is 5.79. The van der Waals surface area contributed by atoms with Gasteiger partial charge in [0, 0.05) is 25.5 Å². The molecule has 1 aromatic carbocycles. The summed E-state index contributed by atoms with van der Waals surface area (Å²) in [5, 5.41) is 3.17. The van der Waals surface area contributed by atoms with Crippen LogP contribution in [0.15, 0.2) is 61.1 Å². The Hall–Kier alpha value is -3.52. The molecule has 0 radical (unpaired) electrons. The summed E-state index contributed by atoms with van der Waals surface area (Å²) in [5.41, 5.74) is 2.00. The van der Waals surface area contributed by atoms with E-state index < -0.39 is 0 Å². The van der Waals surface area contributed by atoms with Gasteiger partial charge in [0.2, 0.25) is 5.91 Å². The van der Waals surface area contributed by atoms with E-state index in [1.54, 1.807) is 25.7 Å². The Morgan fingerprint density at radius 3 is 2.91 bits per heavy atom. The average Bonchev–Trinajstić information content (AvgIpc) is 3.30. The number of nitrogens with zero attached hydrogens (tertiary/aromatic N) is 5. The number of anilines is 2. The zero-order valence-corrected chi connectivity index (χ0v) is 18.4. The van der Waals surface area contributed by atoms with Crippen LogP contribution in [0, 0.1) is 0 Å². The summed E-state index contributed by atoms with van der Waals surface area (Å²) in [7, 11) is 3.62. The van der Waals surface area contributed by atoms with Gasteiger partial charge in [0.15, 0.2) is 0 Å². The van der Waals surface area contributed by atoms with Crippen LogP contribution in [0.25, 0.3) is 0 Å². The van der Waals surface area contributed by atoms with Crippen LogP contribution in [0.4, 0.5) is 11.6 Å². The number of benzene rings is 1. The van der Waals surface area contributed by atoms with Crippen LogP contribution in [-0.4, -0.2) is 57.9 Å². The first-order chi connectivity index (χ1) is 15.6. The first kappa shape index (κ1) is 21.7. The van der Waals surface area contributed by atoms with Crippen LogP contribution < -0.4 is 10.1 Å². The van der Waals surface area contributed by atoms with E-state index in [2.05, 4.69) is 15.3 Å². The number of hydrogen-bond acceptors (Lipinski definition) is 7. The van der Waals surface area contributed by atoms with Crippen LogP contribution in [0.1, 0.15) is 30.1 Å². The van der Waals surface area contributed by atoms with Crippen LogP contribution in [0.5, 0.6) is 5.75 Å². The fourth-order valence-corrected chi connectivity index (χ4v) is 4.03. The van der Waals surface area contributed by atoms with Gasteiger partial charge >= 0.3 is 0 Å². The highest BCUT2D eigenvalue weighted by atomic mass is 16.5. The number of likely N-dealkylation sites (N-methyl/N-ethyl adjacent to an activating group) is 1. The molecule has 0 aliphatic carbocycles. The summed E-state index contributed by atoms with van der Waals surface area (Å²) in [4.78, 5) is 30.2. The molecule has 0 spiro atoms. The predicted molar refractivity (Wildman–Crippen MR) is 123 cm³/mol. The number of pyridine rings is 1. The van der Waals surface area contributed by atoms with Gasteiger partial charge in [-0.2, -0.15) is 0 Å². The van der Waals surface area contributed by atoms with E-state index in [-0.39, 0.29) is 11.9 Å². The molecule has 1 fully saturated rings. The first-order valence-electron chi connectivity index (χ1n) is 10.7. The number of carbonyl (C=O) groups is 1. The van der Waals surface area contributed by atoms with Gasteiger partial charge in [-0.05, 0) is 49.7 Å². The standard InChI is InChI=1S/C24H28N6O2/c1-29(16-18-6-3-7-19(14-18)32-2)17-24(31)30-13-5-9-21(30)20-8-4-10-22(27-20)28-23-15-25-11-12-26-23/h3-4,6-8,10-12,14-15,21H,5,9,13,16-17H2,1-2H3,(H,26,27,28)/t21-/m0/s1. The highest BCUT2D eigenvalue weighted by Gasteiger charge is 2.31. The zero-order chi connectivity index (χ0) is 22.3. The topological polar surface area (TPSA) is 83.5 Å². The Labute approximate surface area is 188 Å². The molecule has 2 aromatic heterocycles. The molecule has 8 nitrogen and oxygen atoms in total. The quantitative estimate of drug-likeness (QED) is 0.584. The van der Waals surface area contributed by atoms with Gasteiger partial charge in [0.25, 0.3) is 0 Å². The monoisotopic (exact) mass is 432 g/mol. The number of methoxy groups -OCH3 is 1. The third kappa shape index (κ3) is 5.39. The molecule has 166 valence electrons. The molecular formula is C24H28N6O2. The van der Waals surface area contributed by atoms with Crippen LogP contribution in [-0.2, 0) is 11.3 Å². The van der Waals surface area contributed by atoms with E-state index in [9.17, 15) is 4.79 Å². The number of hydrogen-bond donors (Lipinski definition) is 1. The van der Waals surface area contributed by atoms with E-state index >= 15 is 0 Å². The Morgan fingerprint density at radius 2 is 2.09 bits per heavy atom. The third-order valence-corrected chi connectivity index (χ3v) is 5.50. The second kappa shape index (κ2) is 10.2. The van der Waals surface area contributed by atoms with Crippen molar-refractivity contribution in [3.63, 3.8) is 0 Å². The van der Waals surface area contributed by atoms with Crippen molar-refractivity contribution >= 4 is 17.5 Å². The number of ether oxygens (including phenoxy) is 1. The number of amides is 1. The van der Waals surface area contributed by atoms with E-state index in [4.69, 9.17) is 9.72 Å². The Morgan fingerprint density at radius 1 is 1.22 bits per heavy atom. The normalized spacial score (nSPS) is 15.7. The van der Waals surface area contributed by atoms with Crippen molar-refractivity contribution in [3.05, 3.63) is 72.3 Å². The molecule has 1 aliphatic heterocycles. The van der Waals surface area contributed by atoms with Gasteiger partial charge in [0.1, 0.15) is 17.4 Å². The van der Waals surface area contributed by atoms with E-state index in [0.717, 1.165) is 36.4 Å². The lowest BCUT2D eigenvalue weighted by molar-refractivity contribution is -0.133. The lowest BCUT2D eigenvalue weighted by atomic mass is 10.1. The van der Waals surface area contributed by atoms with Crippen LogP contribution >= 0.6 is 0 Å². The molecule has 8 heteroatoms. The van der Waals surface area contributed by atoms with Gasteiger partial charge in [0.05, 0.1) is 31.6 Å². The lowest BCUT2D eigenvalue weighted by Gasteiger charge is -2.27. The number of carbonyl (C=O) groups excluding carboxylic acids is 1. The van der Waals surface area contributed by atoms with Crippen molar-refractivity contribution in [3.8, 4) is 5.75 Å². The van der Waals surface area contributed by atoms with Crippen molar-refractivity contribution < 1.29 is 9.53 Å². The zero-order valence-electron chi connectivity index (χ0n) is 18.4. The summed E-state index contributed by atoms with van der Waals surface area (Å²) in [6, 6.07) is 13.7. The van der Waals surface area contributed by atoms with E-state index in [1.807, 2.05) is 59.3 Å². The molecule has 0 bridgehead atoms. The molecular weight excluding hydrogens is 404 g/mol. The van der Waals surface area contributed by atoms with Crippen LogP contribution in [0.3, 0.4) is 0 Å². The summed E-state index contributed by atoms with van der Waals surface area (Å²) in [6.07, 6.45) is 6.79. The molecule has 1 atom stereocenters. The third-order valence-electron chi connectivity index (χ3n) is 5.50. The SMILES string of the molecule is COc1cccc(CN(C)CC(=O)N2CCC[C@H]2c2cccc(Nc3cnccn3)n2)c1. The molecule has 4 rings (SSSR count). The predicted octanol–water partition coefficient (Wildman–Crippen LogP) is 3.42. The van der Waals surface area contributed by atoms with Crippen molar-refractivity contribution in [2.45, 2.75) is 25.4 Å². The van der Waals surface area contributed by atoms with Crippen molar-refractivity contribution in [1.82, 2.24) is 24.8 Å². The van der Waals surface area contributed by atoms with Gasteiger partial charge < -0.3 is 15.0 Å². The molecule has 1 N–H and O–H groups in total. The minimum absolute atomic E-state index is 0.0173. The Bertz CT molecular complexity index is 1050. The summed E-state index contributed by atoms with van der Waals surface area (Å²) < 4.78 is 5.30. The molecule has 32 heavy (non-hydrogen) atoms. The maximum atomic E-state index is 13.1. The van der Waals surface area contributed by atoms with Crippen molar-refractivity contribution in [2.75, 3.05) is 32.6 Å². The smallest absolute Gasteiger partial charge is 0.237 e. The molecule has 3 aromatic rings. The fraction of sp³-hybridized carbons (Fsp3) is 0.333. The molecule has 1 saturated heterocycles. The minimum Gasteiger partial charge on any atom is -0.497 e. The minimum atomic E-state index is -0.0173. The van der Waals surface area contributed by atoms with E-state index in [1.165, 1.54) is 0 Å². The number of rotatable bonds is 8. The molecule has 3 heterocycles. The van der Waals surface area contributed by atoms with Crippen molar-refractivity contribution in [1.29, 1.82) is 0 Å². The summed E-state index contributed by atoms with van der Waals surface area (Å²) in [6.45, 7) is 1.78. The molecule has 0 saturated carbocycles. The molecule has 0 unspecified atom stereocenters. The van der Waals surface area contributed by atoms with Crippen LogP contribution in [0.2, 0.25) is 0 Å². The maximum Gasteiger partial charge on any atom is 0.237 e. The highest BCUT2D eigenvalue weighted by Crippen LogP contribution is 2.31.